The Kier molecular flexibility index (Phi) is 6.80. The van der Waals surface area contributed by atoms with E-state index in [9.17, 15) is 19.5 Å². The molecule has 2 amide bonds. The second-order valence-corrected chi connectivity index (χ2v) is 6.45. The van der Waals surface area contributed by atoms with Crippen LogP contribution in [0.1, 0.15) is 26.3 Å². The normalized spacial score (nSPS) is 10.5. The van der Waals surface area contributed by atoms with E-state index in [0.717, 1.165) is 5.56 Å². The van der Waals surface area contributed by atoms with E-state index >= 15 is 0 Å². The standard InChI is InChI=1S/C24H20N2O5/c1-31-21-12-5-2-7-16(21)13-14-22(27)25-18-9-6-8-17(15-18)23(28)26-20-11-4-3-10-19(20)24(29)30/h2-15H,1H3,(H,25,27)(H,26,28)(H,29,30)/b14-13+. The summed E-state index contributed by atoms with van der Waals surface area (Å²) in [6.07, 6.45) is 3.00. The maximum atomic E-state index is 12.6. The number of rotatable bonds is 7. The first kappa shape index (κ1) is 21.3. The van der Waals surface area contributed by atoms with Crippen LogP contribution in [0.25, 0.3) is 6.08 Å². The molecule has 0 aliphatic rings. The number of benzene rings is 3. The molecule has 0 saturated heterocycles. The Labute approximate surface area is 179 Å². The first-order valence-corrected chi connectivity index (χ1v) is 9.34. The molecule has 3 rings (SSSR count). The van der Waals surface area contributed by atoms with Crippen molar-refractivity contribution in [3.8, 4) is 5.75 Å². The smallest absolute Gasteiger partial charge is 0.337 e. The fourth-order valence-electron chi connectivity index (χ4n) is 2.86. The summed E-state index contributed by atoms with van der Waals surface area (Å²) in [7, 11) is 1.55. The minimum Gasteiger partial charge on any atom is -0.496 e. The molecule has 0 aliphatic carbocycles. The summed E-state index contributed by atoms with van der Waals surface area (Å²) >= 11 is 0. The predicted octanol–water partition coefficient (Wildman–Crippen LogP) is 4.30. The molecular formula is C24H20N2O5. The summed E-state index contributed by atoms with van der Waals surface area (Å²) in [6, 6.07) is 19.8. The molecule has 0 aromatic heterocycles. The van der Waals surface area contributed by atoms with Crippen molar-refractivity contribution in [2.45, 2.75) is 0 Å². The number of nitrogens with one attached hydrogen (secondary N) is 2. The van der Waals surface area contributed by atoms with E-state index in [4.69, 9.17) is 4.74 Å². The Bertz CT molecular complexity index is 1150. The molecule has 7 heteroatoms. The molecule has 0 fully saturated rings. The fourth-order valence-corrected chi connectivity index (χ4v) is 2.86. The molecule has 156 valence electrons. The van der Waals surface area contributed by atoms with Gasteiger partial charge in [0.05, 0.1) is 18.4 Å². The van der Waals surface area contributed by atoms with Crippen LogP contribution >= 0.6 is 0 Å². The van der Waals surface area contributed by atoms with E-state index < -0.39 is 11.9 Å². The van der Waals surface area contributed by atoms with Gasteiger partial charge in [-0.3, -0.25) is 9.59 Å². The molecule has 0 saturated carbocycles. The second kappa shape index (κ2) is 9.89. The first-order valence-electron chi connectivity index (χ1n) is 9.34. The molecular weight excluding hydrogens is 396 g/mol. The van der Waals surface area contributed by atoms with E-state index in [1.54, 1.807) is 49.6 Å². The minimum absolute atomic E-state index is 0.0122. The minimum atomic E-state index is -1.14. The van der Waals surface area contributed by atoms with Crippen molar-refractivity contribution in [2.24, 2.45) is 0 Å². The Hall–Kier alpha value is -4.39. The lowest BCUT2D eigenvalue weighted by Crippen LogP contribution is -2.15. The molecule has 0 unspecified atom stereocenters. The first-order chi connectivity index (χ1) is 15.0. The number of carbonyl (C=O) groups excluding carboxylic acids is 2. The van der Waals surface area contributed by atoms with Gasteiger partial charge in [0.25, 0.3) is 5.91 Å². The van der Waals surface area contributed by atoms with Crippen LogP contribution in [0.4, 0.5) is 11.4 Å². The molecule has 3 aromatic rings. The van der Waals surface area contributed by atoms with Crippen LogP contribution < -0.4 is 15.4 Å². The summed E-state index contributed by atoms with van der Waals surface area (Å²) in [5, 5.41) is 14.5. The highest BCUT2D eigenvalue weighted by Crippen LogP contribution is 2.20. The topological polar surface area (TPSA) is 105 Å². The number of carboxylic acid groups (broad SMARTS) is 1. The molecule has 7 nitrogen and oxygen atoms in total. The van der Waals surface area contributed by atoms with Gasteiger partial charge in [-0.25, -0.2) is 4.79 Å². The van der Waals surface area contributed by atoms with Crippen molar-refractivity contribution in [3.05, 3.63) is 95.6 Å². The van der Waals surface area contributed by atoms with Crippen LogP contribution in [-0.2, 0) is 4.79 Å². The Morgan fingerprint density at radius 1 is 0.903 bits per heavy atom. The molecule has 0 bridgehead atoms. The van der Waals surface area contributed by atoms with Gasteiger partial charge >= 0.3 is 5.97 Å². The molecule has 3 N–H and O–H groups in total. The van der Waals surface area contributed by atoms with Gasteiger partial charge in [0.15, 0.2) is 0 Å². The van der Waals surface area contributed by atoms with Gasteiger partial charge in [-0.05, 0) is 42.5 Å². The fraction of sp³-hybridized carbons (Fsp3) is 0.0417. The van der Waals surface area contributed by atoms with Crippen molar-refractivity contribution in [3.63, 3.8) is 0 Å². The summed E-state index contributed by atoms with van der Waals surface area (Å²) in [5.74, 6) is -1.36. The molecule has 0 atom stereocenters. The average Bonchev–Trinajstić information content (AvgIpc) is 2.78. The number of hydrogen-bond donors (Lipinski definition) is 3. The maximum Gasteiger partial charge on any atom is 0.337 e. The van der Waals surface area contributed by atoms with Crippen LogP contribution in [0.15, 0.2) is 78.9 Å². The number of aromatic carboxylic acids is 1. The molecule has 31 heavy (non-hydrogen) atoms. The van der Waals surface area contributed by atoms with Crippen LogP contribution in [0.3, 0.4) is 0 Å². The number of amides is 2. The number of anilines is 2. The molecule has 3 aromatic carbocycles. The molecule has 0 aliphatic heterocycles. The third kappa shape index (κ3) is 5.57. The third-order valence-corrected chi connectivity index (χ3v) is 4.35. The lowest BCUT2D eigenvalue weighted by molar-refractivity contribution is -0.111. The number of para-hydroxylation sites is 2. The zero-order chi connectivity index (χ0) is 22.2. The highest BCUT2D eigenvalue weighted by atomic mass is 16.5. The Balaban J connectivity index is 1.70. The van der Waals surface area contributed by atoms with Crippen LogP contribution in [-0.4, -0.2) is 30.0 Å². The van der Waals surface area contributed by atoms with Crippen LogP contribution in [0.2, 0.25) is 0 Å². The van der Waals surface area contributed by atoms with Gasteiger partial charge in [-0.15, -0.1) is 0 Å². The predicted molar refractivity (Wildman–Crippen MR) is 118 cm³/mol. The number of carboxylic acids is 1. The number of carbonyl (C=O) groups is 3. The van der Waals surface area contributed by atoms with Crippen molar-refractivity contribution in [1.29, 1.82) is 0 Å². The van der Waals surface area contributed by atoms with E-state index in [1.165, 1.54) is 24.3 Å². The average molecular weight is 416 g/mol. The second-order valence-electron chi connectivity index (χ2n) is 6.45. The Morgan fingerprint density at radius 3 is 2.42 bits per heavy atom. The highest BCUT2D eigenvalue weighted by molar-refractivity contribution is 6.09. The number of methoxy groups -OCH3 is 1. The summed E-state index contributed by atoms with van der Waals surface area (Å²) < 4.78 is 5.25. The monoisotopic (exact) mass is 416 g/mol. The van der Waals surface area contributed by atoms with Crippen molar-refractivity contribution >= 4 is 35.2 Å². The highest BCUT2D eigenvalue weighted by Gasteiger charge is 2.13. The van der Waals surface area contributed by atoms with Crippen molar-refractivity contribution < 1.29 is 24.2 Å². The van der Waals surface area contributed by atoms with Gasteiger partial charge < -0.3 is 20.5 Å². The third-order valence-electron chi connectivity index (χ3n) is 4.35. The number of hydrogen-bond acceptors (Lipinski definition) is 4. The largest absolute Gasteiger partial charge is 0.496 e. The molecule has 0 heterocycles. The Morgan fingerprint density at radius 2 is 1.65 bits per heavy atom. The quantitative estimate of drug-likeness (QED) is 0.498. The van der Waals surface area contributed by atoms with Gasteiger partial charge in [0.1, 0.15) is 5.75 Å². The van der Waals surface area contributed by atoms with Crippen molar-refractivity contribution in [2.75, 3.05) is 17.7 Å². The molecule has 0 spiro atoms. The van der Waals surface area contributed by atoms with Gasteiger partial charge in [0, 0.05) is 22.9 Å². The van der Waals surface area contributed by atoms with Gasteiger partial charge in [0.2, 0.25) is 5.91 Å². The van der Waals surface area contributed by atoms with Crippen LogP contribution in [0, 0.1) is 0 Å². The van der Waals surface area contributed by atoms with Crippen LogP contribution in [0.5, 0.6) is 5.75 Å². The van der Waals surface area contributed by atoms with Gasteiger partial charge in [-0.2, -0.15) is 0 Å². The lowest BCUT2D eigenvalue weighted by Gasteiger charge is -2.09. The van der Waals surface area contributed by atoms with E-state index in [2.05, 4.69) is 10.6 Å². The van der Waals surface area contributed by atoms with Gasteiger partial charge in [-0.1, -0.05) is 36.4 Å². The maximum absolute atomic E-state index is 12.6. The summed E-state index contributed by atoms with van der Waals surface area (Å²) in [6.45, 7) is 0. The van der Waals surface area contributed by atoms with E-state index in [-0.39, 0.29) is 22.7 Å². The van der Waals surface area contributed by atoms with E-state index in [0.29, 0.717) is 11.4 Å². The lowest BCUT2D eigenvalue weighted by atomic mass is 10.1. The zero-order valence-electron chi connectivity index (χ0n) is 16.7. The number of ether oxygens (including phenoxy) is 1. The zero-order valence-corrected chi connectivity index (χ0v) is 16.7. The summed E-state index contributed by atoms with van der Waals surface area (Å²) in [5.41, 5.74) is 1.63. The summed E-state index contributed by atoms with van der Waals surface area (Å²) in [4.78, 5) is 36.1. The van der Waals surface area contributed by atoms with Crippen molar-refractivity contribution in [1.82, 2.24) is 0 Å². The van der Waals surface area contributed by atoms with E-state index in [1.807, 2.05) is 18.2 Å². The molecule has 0 radical (unpaired) electrons. The SMILES string of the molecule is COc1ccccc1/C=C/C(=O)Nc1cccc(C(=O)Nc2ccccc2C(=O)O)c1.